The molecule has 2 N–H and O–H groups in total. The van der Waals surface area contributed by atoms with Gasteiger partial charge in [-0.1, -0.05) is 19.1 Å². The average molecular weight is 272 g/mol. The van der Waals surface area contributed by atoms with Crippen LogP contribution in [0.15, 0.2) is 48.5 Å². The smallest absolute Gasteiger partial charge is 0.255 e. The van der Waals surface area contributed by atoms with Gasteiger partial charge in [0.1, 0.15) is 5.82 Å². The van der Waals surface area contributed by atoms with Crippen LogP contribution in [0.5, 0.6) is 0 Å². The topological polar surface area (TPSA) is 41.1 Å². The standard InChI is InChI=1S/C16H17FN2O/c1-2-18-11-12-3-9-15(10-4-12)19-16(20)13-5-7-14(17)8-6-13/h3-10,18H,2,11H2,1H3,(H,19,20). The molecular formula is C16H17FN2O. The Kier molecular flexibility index (Phi) is 4.85. The van der Waals surface area contributed by atoms with Crippen LogP contribution in [-0.4, -0.2) is 12.5 Å². The fourth-order valence-electron chi connectivity index (χ4n) is 1.78. The lowest BCUT2D eigenvalue weighted by Crippen LogP contribution is -2.13. The lowest BCUT2D eigenvalue weighted by atomic mass is 10.2. The van der Waals surface area contributed by atoms with E-state index in [4.69, 9.17) is 0 Å². The maximum absolute atomic E-state index is 12.8. The molecule has 0 heterocycles. The highest BCUT2D eigenvalue weighted by Crippen LogP contribution is 2.12. The van der Waals surface area contributed by atoms with Crippen LogP contribution in [0.2, 0.25) is 0 Å². The molecule has 2 aromatic carbocycles. The van der Waals surface area contributed by atoms with E-state index in [0.29, 0.717) is 5.56 Å². The number of carbonyl (C=O) groups excluding carboxylic acids is 1. The van der Waals surface area contributed by atoms with Gasteiger partial charge in [0.25, 0.3) is 5.91 Å². The molecule has 4 heteroatoms. The van der Waals surface area contributed by atoms with Crippen LogP contribution in [-0.2, 0) is 6.54 Å². The van der Waals surface area contributed by atoms with E-state index in [-0.39, 0.29) is 11.7 Å². The van der Waals surface area contributed by atoms with Crippen molar-refractivity contribution in [2.45, 2.75) is 13.5 Å². The highest BCUT2D eigenvalue weighted by molar-refractivity contribution is 6.04. The van der Waals surface area contributed by atoms with Gasteiger partial charge < -0.3 is 10.6 Å². The summed E-state index contributed by atoms with van der Waals surface area (Å²) in [7, 11) is 0. The van der Waals surface area contributed by atoms with Crippen LogP contribution in [0.25, 0.3) is 0 Å². The second-order valence-corrected chi connectivity index (χ2v) is 4.44. The average Bonchev–Trinajstić information content (AvgIpc) is 2.47. The number of halogens is 1. The first-order valence-corrected chi connectivity index (χ1v) is 6.55. The first-order chi connectivity index (χ1) is 9.69. The third kappa shape index (κ3) is 3.90. The zero-order chi connectivity index (χ0) is 14.4. The summed E-state index contributed by atoms with van der Waals surface area (Å²) >= 11 is 0. The van der Waals surface area contributed by atoms with Crippen molar-refractivity contribution >= 4 is 11.6 Å². The number of carbonyl (C=O) groups is 1. The number of hydrogen-bond donors (Lipinski definition) is 2. The molecule has 0 aliphatic rings. The van der Waals surface area contributed by atoms with E-state index in [9.17, 15) is 9.18 Å². The van der Waals surface area contributed by atoms with Crippen LogP contribution in [0.4, 0.5) is 10.1 Å². The summed E-state index contributed by atoms with van der Waals surface area (Å²) in [5.74, 6) is -0.598. The molecule has 0 aromatic heterocycles. The monoisotopic (exact) mass is 272 g/mol. The number of hydrogen-bond acceptors (Lipinski definition) is 2. The predicted octanol–water partition coefficient (Wildman–Crippen LogP) is 3.19. The van der Waals surface area contributed by atoms with Crippen LogP contribution >= 0.6 is 0 Å². The molecule has 0 bridgehead atoms. The number of rotatable bonds is 5. The molecule has 20 heavy (non-hydrogen) atoms. The number of anilines is 1. The number of benzene rings is 2. The first-order valence-electron chi connectivity index (χ1n) is 6.55. The largest absolute Gasteiger partial charge is 0.322 e. The van der Waals surface area contributed by atoms with Crippen molar-refractivity contribution < 1.29 is 9.18 Å². The highest BCUT2D eigenvalue weighted by Gasteiger charge is 2.05. The molecule has 104 valence electrons. The Labute approximate surface area is 117 Å². The van der Waals surface area contributed by atoms with Gasteiger partial charge in [-0.3, -0.25) is 4.79 Å². The molecule has 0 saturated carbocycles. The van der Waals surface area contributed by atoms with E-state index in [1.54, 1.807) is 0 Å². The first kappa shape index (κ1) is 14.2. The summed E-state index contributed by atoms with van der Waals surface area (Å²) in [4.78, 5) is 11.9. The summed E-state index contributed by atoms with van der Waals surface area (Å²) in [6.45, 7) is 3.78. The highest BCUT2D eigenvalue weighted by atomic mass is 19.1. The van der Waals surface area contributed by atoms with E-state index in [0.717, 1.165) is 24.3 Å². The Morgan fingerprint density at radius 1 is 1.05 bits per heavy atom. The van der Waals surface area contributed by atoms with Crippen LogP contribution in [0.1, 0.15) is 22.8 Å². The summed E-state index contributed by atoms with van der Waals surface area (Å²) in [5, 5.41) is 6.01. The maximum atomic E-state index is 12.8. The maximum Gasteiger partial charge on any atom is 0.255 e. The number of nitrogens with one attached hydrogen (secondary N) is 2. The molecule has 0 unspecified atom stereocenters. The minimum Gasteiger partial charge on any atom is -0.322 e. The van der Waals surface area contributed by atoms with Crippen molar-refractivity contribution in [2.75, 3.05) is 11.9 Å². The third-order valence-electron chi connectivity index (χ3n) is 2.90. The van der Waals surface area contributed by atoms with E-state index in [2.05, 4.69) is 17.6 Å². The van der Waals surface area contributed by atoms with Gasteiger partial charge in [0.2, 0.25) is 0 Å². The van der Waals surface area contributed by atoms with Crippen molar-refractivity contribution in [3.8, 4) is 0 Å². The Morgan fingerprint density at radius 3 is 2.30 bits per heavy atom. The van der Waals surface area contributed by atoms with Crippen LogP contribution in [0.3, 0.4) is 0 Å². The second kappa shape index (κ2) is 6.82. The van der Waals surface area contributed by atoms with E-state index >= 15 is 0 Å². The molecule has 3 nitrogen and oxygen atoms in total. The normalized spacial score (nSPS) is 10.3. The second-order valence-electron chi connectivity index (χ2n) is 4.44. The van der Waals surface area contributed by atoms with Crippen LogP contribution in [0, 0.1) is 5.82 Å². The van der Waals surface area contributed by atoms with Gasteiger partial charge in [-0.15, -0.1) is 0 Å². The molecule has 0 fully saturated rings. The predicted molar refractivity (Wildman–Crippen MR) is 78.2 cm³/mol. The lowest BCUT2D eigenvalue weighted by Gasteiger charge is -2.07. The molecule has 2 rings (SSSR count). The Balaban J connectivity index is 1.99. The Morgan fingerprint density at radius 2 is 1.70 bits per heavy atom. The molecule has 0 aliphatic heterocycles. The summed E-state index contributed by atoms with van der Waals surface area (Å²) in [6, 6.07) is 13.1. The van der Waals surface area contributed by atoms with Crippen molar-refractivity contribution in [3.05, 3.63) is 65.5 Å². The van der Waals surface area contributed by atoms with E-state index in [1.807, 2.05) is 24.3 Å². The van der Waals surface area contributed by atoms with Gasteiger partial charge in [-0.25, -0.2) is 4.39 Å². The molecule has 0 spiro atoms. The van der Waals surface area contributed by atoms with Gasteiger partial charge in [0, 0.05) is 17.8 Å². The van der Waals surface area contributed by atoms with Gasteiger partial charge in [-0.2, -0.15) is 0 Å². The molecule has 1 amide bonds. The Hall–Kier alpha value is -2.20. The lowest BCUT2D eigenvalue weighted by molar-refractivity contribution is 0.102. The quantitative estimate of drug-likeness (QED) is 0.877. The molecular weight excluding hydrogens is 255 g/mol. The van der Waals surface area contributed by atoms with Gasteiger partial charge in [0.15, 0.2) is 0 Å². The minimum atomic E-state index is -0.352. The van der Waals surface area contributed by atoms with Crippen molar-refractivity contribution in [3.63, 3.8) is 0 Å². The molecule has 0 saturated heterocycles. The molecule has 2 aromatic rings. The van der Waals surface area contributed by atoms with Gasteiger partial charge in [0.05, 0.1) is 0 Å². The third-order valence-corrected chi connectivity index (χ3v) is 2.90. The number of amides is 1. The summed E-state index contributed by atoms with van der Waals surface area (Å²) in [6.07, 6.45) is 0. The summed E-state index contributed by atoms with van der Waals surface area (Å²) < 4.78 is 12.8. The van der Waals surface area contributed by atoms with Crippen LogP contribution < -0.4 is 10.6 Å². The van der Waals surface area contributed by atoms with Crippen molar-refractivity contribution in [2.24, 2.45) is 0 Å². The molecule has 0 radical (unpaired) electrons. The molecule has 0 atom stereocenters. The van der Waals surface area contributed by atoms with E-state index in [1.165, 1.54) is 24.3 Å². The van der Waals surface area contributed by atoms with Gasteiger partial charge in [-0.05, 0) is 48.5 Å². The SMILES string of the molecule is CCNCc1ccc(NC(=O)c2ccc(F)cc2)cc1. The van der Waals surface area contributed by atoms with Gasteiger partial charge >= 0.3 is 0 Å². The fraction of sp³-hybridized carbons (Fsp3) is 0.188. The van der Waals surface area contributed by atoms with Crippen molar-refractivity contribution in [1.29, 1.82) is 0 Å². The molecule has 0 aliphatic carbocycles. The fourth-order valence-corrected chi connectivity index (χ4v) is 1.78. The van der Waals surface area contributed by atoms with Crippen molar-refractivity contribution in [1.82, 2.24) is 5.32 Å². The zero-order valence-electron chi connectivity index (χ0n) is 11.3. The minimum absolute atomic E-state index is 0.246. The zero-order valence-corrected chi connectivity index (χ0v) is 11.3. The van der Waals surface area contributed by atoms with E-state index < -0.39 is 0 Å². The summed E-state index contributed by atoms with van der Waals surface area (Å²) in [5.41, 5.74) is 2.31. The Bertz CT molecular complexity index is 564.